The Morgan fingerprint density at radius 3 is 2.79 bits per heavy atom. The summed E-state index contributed by atoms with van der Waals surface area (Å²) in [6.07, 6.45) is 1.83. The smallest absolute Gasteiger partial charge is 0.219 e. The second-order valence-electron chi connectivity index (χ2n) is 3.26. The van der Waals surface area contributed by atoms with Gasteiger partial charge in [-0.3, -0.25) is 4.79 Å². The zero-order chi connectivity index (χ0) is 10.7. The Balaban J connectivity index is 2.81. The van der Waals surface area contributed by atoms with Crippen molar-refractivity contribution in [1.82, 2.24) is 9.78 Å². The molecule has 0 radical (unpaired) electrons. The van der Waals surface area contributed by atoms with Gasteiger partial charge in [-0.15, -0.1) is 0 Å². The van der Waals surface area contributed by atoms with Gasteiger partial charge in [0, 0.05) is 20.5 Å². The third-order valence-corrected chi connectivity index (χ3v) is 1.83. The number of carbonyl (C=O) groups is 1. The largest absolute Gasteiger partial charge is 0.394 e. The molecule has 78 valence electrons. The Hall–Kier alpha value is -1.72. The number of anilines is 2. The van der Waals surface area contributed by atoms with Gasteiger partial charge >= 0.3 is 0 Å². The Labute approximate surface area is 82.5 Å². The van der Waals surface area contributed by atoms with E-state index in [1.54, 1.807) is 10.9 Å². The SMILES string of the molecule is CN(C)c1c(N)cnn1CCC(N)=O. The maximum Gasteiger partial charge on any atom is 0.219 e. The van der Waals surface area contributed by atoms with E-state index in [2.05, 4.69) is 5.10 Å². The van der Waals surface area contributed by atoms with Gasteiger partial charge in [0.05, 0.1) is 18.4 Å². The highest BCUT2D eigenvalue weighted by Gasteiger charge is 2.10. The minimum atomic E-state index is -0.344. The molecule has 0 bridgehead atoms. The van der Waals surface area contributed by atoms with Crippen molar-refractivity contribution in [1.29, 1.82) is 0 Å². The van der Waals surface area contributed by atoms with Crippen molar-refractivity contribution in [2.45, 2.75) is 13.0 Å². The van der Waals surface area contributed by atoms with Crippen LogP contribution >= 0.6 is 0 Å². The number of rotatable bonds is 4. The third kappa shape index (κ3) is 2.15. The lowest BCUT2D eigenvalue weighted by Gasteiger charge is -2.15. The molecule has 6 nitrogen and oxygen atoms in total. The monoisotopic (exact) mass is 197 g/mol. The summed E-state index contributed by atoms with van der Waals surface area (Å²) in [4.78, 5) is 12.4. The highest BCUT2D eigenvalue weighted by atomic mass is 16.1. The van der Waals surface area contributed by atoms with Crippen LogP contribution in [0.5, 0.6) is 0 Å². The van der Waals surface area contributed by atoms with E-state index in [4.69, 9.17) is 11.5 Å². The number of nitrogen functional groups attached to an aromatic ring is 1. The van der Waals surface area contributed by atoms with Crippen molar-refractivity contribution in [3.05, 3.63) is 6.20 Å². The molecule has 1 aromatic heterocycles. The molecule has 0 aliphatic heterocycles. The predicted molar refractivity (Wildman–Crippen MR) is 54.8 cm³/mol. The van der Waals surface area contributed by atoms with Gasteiger partial charge in [-0.05, 0) is 0 Å². The average Bonchev–Trinajstić information content (AvgIpc) is 2.43. The van der Waals surface area contributed by atoms with Crippen LogP contribution in [0.25, 0.3) is 0 Å². The molecule has 0 aliphatic carbocycles. The van der Waals surface area contributed by atoms with Gasteiger partial charge in [-0.25, -0.2) is 4.68 Å². The standard InChI is InChI=1S/C8H15N5O/c1-12(2)8-6(9)5-11-13(8)4-3-7(10)14/h5H,3-4,9H2,1-2H3,(H2,10,14). The number of hydrogen-bond donors (Lipinski definition) is 2. The number of amides is 1. The minimum absolute atomic E-state index is 0.266. The Morgan fingerprint density at radius 1 is 1.64 bits per heavy atom. The molecule has 6 heteroatoms. The van der Waals surface area contributed by atoms with Crippen LogP contribution in [0.4, 0.5) is 11.5 Å². The molecule has 1 aromatic rings. The first kappa shape index (κ1) is 10.4. The van der Waals surface area contributed by atoms with Crippen molar-refractivity contribution >= 4 is 17.4 Å². The minimum Gasteiger partial charge on any atom is -0.394 e. The molecule has 1 rings (SSSR count). The van der Waals surface area contributed by atoms with Gasteiger partial charge in [-0.2, -0.15) is 5.10 Å². The van der Waals surface area contributed by atoms with E-state index in [1.165, 1.54) is 0 Å². The molecule has 0 fully saturated rings. The van der Waals surface area contributed by atoms with Crippen LogP contribution in [0.1, 0.15) is 6.42 Å². The van der Waals surface area contributed by atoms with E-state index < -0.39 is 0 Å². The summed E-state index contributed by atoms with van der Waals surface area (Å²) < 4.78 is 1.67. The van der Waals surface area contributed by atoms with Gasteiger partial charge in [-0.1, -0.05) is 0 Å². The van der Waals surface area contributed by atoms with Crippen LogP contribution in [-0.2, 0) is 11.3 Å². The molecule has 0 saturated heterocycles. The lowest BCUT2D eigenvalue weighted by Crippen LogP contribution is -2.19. The molecule has 0 aliphatic rings. The molecule has 0 aromatic carbocycles. The predicted octanol–water partition coefficient (Wildman–Crippen LogP) is -0.593. The topological polar surface area (TPSA) is 90.2 Å². The number of aryl methyl sites for hydroxylation is 1. The van der Waals surface area contributed by atoms with E-state index in [1.807, 2.05) is 19.0 Å². The second-order valence-corrected chi connectivity index (χ2v) is 3.26. The molecule has 0 unspecified atom stereocenters. The van der Waals surface area contributed by atoms with E-state index in [9.17, 15) is 4.79 Å². The van der Waals surface area contributed by atoms with Gasteiger partial charge in [0.2, 0.25) is 5.91 Å². The molecule has 1 heterocycles. The second kappa shape index (κ2) is 3.99. The highest BCUT2D eigenvalue weighted by molar-refractivity contribution is 5.73. The van der Waals surface area contributed by atoms with Gasteiger partial charge < -0.3 is 16.4 Å². The lowest BCUT2D eigenvalue weighted by atomic mass is 10.4. The Morgan fingerprint density at radius 2 is 2.29 bits per heavy atom. The molecule has 0 spiro atoms. The molecule has 0 saturated carbocycles. The molecule has 1 amide bonds. The highest BCUT2D eigenvalue weighted by Crippen LogP contribution is 2.20. The zero-order valence-corrected chi connectivity index (χ0v) is 8.40. The van der Waals surface area contributed by atoms with Crippen LogP contribution in [-0.4, -0.2) is 29.8 Å². The van der Waals surface area contributed by atoms with Crippen molar-refractivity contribution in [2.24, 2.45) is 5.73 Å². The summed E-state index contributed by atoms with van der Waals surface area (Å²) in [6.45, 7) is 0.458. The van der Waals surface area contributed by atoms with E-state index in [-0.39, 0.29) is 12.3 Å². The normalized spacial score (nSPS) is 10.1. The fourth-order valence-corrected chi connectivity index (χ4v) is 1.26. The first-order valence-corrected chi connectivity index (χ1v) is 4.29. The van der Waals surface area contributed by atoms with Crippen LogP contribution in [0.15, 0.2) is 6.20 Å². The summed E-state index contributed by atoms with van der Waals surface area (Å²) >= 11 is 0. The average molecular weight is 197 g/mol. The van der Waals surface area contributed by atoms with Crippen LogP contribution in [0.3, 0.4) is 0 Å². The molecular weight excluding hydrogens is 182 g/mol. The number of hydrogen-bond acceptors (Lipinski definition) is 4. The third-order valence-electron chi connectivity index (χ3n) is 1.83. The van der Waals surface area contributed by atoms with E-state index in [0.717, 1.165) is 5.82 Å². The molecule has 4 N–H and O–H groups in total. The van der Waals surface area contributed by atoms with Crippen molar-refractivity contribution in [3.63, 3.8) is 0 Å². The van der Waals surface area contributed by atoms with Gasteiger partial charge in [0.15, 0.2) is 0 Å². The molecule has 0 atom stereocenters. The number of nitrogens with zero attached hydrogens (tertiary/aromatic N) is 3. The fourth-order valence-electron chi connectivity index (χ4n) is 1.26. The van der Waals surface area contributed by atoms with Crippen molar-refractivity contribution in [2.75, 3.05) is 24.7 Å². The fraction of sp³-hybridized carbons (Fsp3) is 0.500. The summed E-state index contributed by atoms with van der Waals surface area (Å²) in [5.41, 5.74) is 11.4. The first-order valence-electron chi connectivity index (χ1n) is 4.29. The van der Waals surface area contributed by atoms with Gasteiger partial charge in [0.25, 0.3) is 0 Å². The Kier molecular flexibility index (Phi) is 2.95. The maximum absolute atomic E-state index is 10.6. The summed E-state index contributed by atoms with van der Waals surface area (Å²) in [6, 6.07) is 0. The first-order chi connectivity index (χ1) is 6.52. The van der Waals surface area contributed by atoms with Crippen LogP contribution in [0, 0.1) is 0 Å². The zero-order valence-electron chi connectivity index (χ0n) is 8.40. The summed E-state index contributed by atoms with van der Waals surface area (Å²) in [7, 11) is 3.74. The number of primary amides is 1. The number of nitrogens with two attached hydrogens (primary N) is 2. The Bertz CT molecular complexity index is 330. The quantitative estimate of drug-likeness (QED) is 0.674. The van der Waals surface area contributed by atoms with Crippen LogP contribution < -0.4 is 16.4 Å². The van der Waals surface area contributed by atoms with E-state index >= 15 is 0 Å². The molecule has 14 heavy (non-hydrogen) atoms. The number of carbonyl (C=O) groups excluding carboxylic acids is 1. The molecular formula is C8H15N5O. The van der Waals surface area contributed by atoms with Gasteiger partial charge in [0.1, 0.15) is 5.82 Å². The van der Waals surface area contributed by atoms with Crippen molar-refractivity contribution < 1.29 is 4.79 Å². The van der Waals surface area contributed by atoms with Crippen molar-refractivity contribution in [3.8, 4) is 0 Å². The lowest BCUT2D eigenvalue weighted by molar-refractivity contribution is -0.118. The van der Waals surface area contributed by atoms with Crippen LogP contribution in [0.2, 0.25) is 0 Å². The maximum atomic E-state index is 10.6. The van der Waals surface area contributed by atoms with E-state index in [0.29, 0.717) is 12.2 Å². The number of aromatic nitrogens is 2. The summed E-state index contributed by atoms with van der Waals surface area (Å²) in [5.74, 6) is 0.454. The summed E-state index contributed by atoms with van der Waals surface area (Å²) in [5, 5.41) is 4.05.